The molecule has 0 spiro atoms. The molecule has 3 nitrogen and oxygen atoms in total. The predicted molar refractivity (Wildman–Crippen MR) is 51.6 cm³/mol. The third-order valence-corrected chi connectivity index (χ3v) is 2.70. The summed E-state index contributed by atoms with van der Waals surface area (Å²) in [5.74, 6) is 0.281. The summed E-state index contributed by atoms with van der Waals surface area (Å²) in [4.78, 5) is 13.0. The van der Waals surface area contributed by atoms with Crippen LogP contribution in [0.1, 0.15) is 26.2 Å². The summed E-state index contributed by atoms with van der Waals surface area (Å²) in [6.45, 7) is 0.0952. The summed E-state index contributed by atoms with van der Waals surface area (Å²) < 4.78 is 27.4. The lowest BCUT2D eigenvalue weighted by atomic mass is 10.0. The van der Waals surface area contributed by atoms with Crippen LogP contribution in [0.3, 0.4) is 0 Å². The van der Waals surface area contributed by atoms with E-state index < -0.39 is 13.2 Å². The molecule has 0 aromatic rings. The number of alkyl halides is 2. The molecule has 1 amide bonds. The van der Waals surface area contributed by atoms with Crippen LogP contribution in [0.4, 0.5) is 8.78 Å². The molecule has 0 N–H and O–H groups in total. The highest BCUT2D eigenvalue weighted by atomic mass is 19.3. The van der Waals surface area contributed by atoms with E-state index in [2.05, 4.69) is 11.7 Å². The molecule has 0 aliphatic carbocycles. The van der Waals surface area contributed by atoms with Gasteiger partial charge < -0.3 is 9.64 Å². The second kappa shape index (κ2) is 6.00. The molecule has 1 rings (SSSR count). The molecule has 0 radical (unpaired) electrons. The first kappa shape index (κ1) is 12.4. The topological polar surface area (TPSA) is 29.5 Å². The molecule has 88 valence electrons. The third-order valence-electron chi connectivity index (χ3n) is 2.70. The smallest absolute Gasteiger partial charge is 0.341 e. The Bertz CT molecular complexity index is 212. The van der Waals surface area contributed by atoms with Gasteiger partial charge in [-0.05, 0) is 25.2 Å². The Balaban J connectivity index is 2.31. The molecule has 0 saturated carbocycles. The number of hydrogen-bond acceptors (Lipinski definition) is 2. The number of carbonyl (C=O) groups excluding carboxylic acids is 1. The van der Waals surface area contributed by atoms with Crippen LogP contribution in [-0.2, 0) is 9.53 Å². The van der Waals surface area contributed by atoms with Gasteiger partial charge in [-0.2, -0.15) is 8.78 Å². The van der Waals surface area contributed by atoms with Crippen LogP contribution in [0.25, 0.3) is 0 Å². The molecule has 1 unspecified atom stereocenters. The zero-order valence-electron chi connectivity index (χ0n) is 8.92. The number of hydrogen-bond donors (Lipinski definition) is 0. The Hall–Kier alpha value is -0.710. The molecule has 1 atom stereocenters. The van der Waals surface area contributed by atoms with Crippen molar-refractivity contribution in [1.82, 2.24) is 4.90 Å². The van der Waals surface area contributed by atoms with Gasteiger partial charge in [0.15, 0.2) is 0 Å². The Labute approximate surface area is 88.4 Å². The molecule has 0 bridgehead atoms. The van der Waals surface area contributed by atoms with Gasteiger partial charge in [0.1, 0.15) is 6.61 Å². The lowest BCUT2D eigenvalue weighted by Crippen LogP contribution is -2.35. The first-order chi connectivity index (χ1) is 7.09. The van der Waals surface area contributed by atoms with Crippen LogP contribution in [0.2, 0.25) is 0 Å². The minimum Gasteiger partial charge on any atom is -0.341 e. The molecular weight excluding hydrogens is 204 g/mol. The maximum absolute atomic E-state index is 11.7. The maximum Gasteiger partial charge on any atom is 0.345 e. The highest BCUT2D eigenvalue weighted by Gasteiger charge is 2.19. The van der Waals surface area contributed by atoms with Gasteiger partial charge in [0, 0.05) is 13.1 Å². The van der Waals surface area contributed by atoms with Crippen molar-refractivity contribution in [1.29, 1.82) is 0 Å². The fraction of sp³-hybridized carbons (Fsp3) is 0.900. The molecule has 1 fully saturated rings. The van der Waals surface area contributed by atoms with Crippen molar-refractivity contribution in [2.24, 2.45) is 5.92 Å². The molecular formula is C10H17F2NO2. The second-order valence-electron chi connectivity index (χ2n) is 3.99. The summed E-state index contributed by atoms with van der Waals surface area (Å²) >= 11 is 0. The first-order valence-electron chi connectivity index (χ1n) is 5.27. The van der Waals surface area contributed by atoms with Gasteiger partial charge in [0.05, 0.1) is 0 Å². The summed E-state index contributed by atoms with van der Waals surface area (Å²) in [6, 6.07) is 0. The van der Waals surface area contributed by atoms with E-state index in [1.165, 1.54) is 0 Å². The Morgan fingerprint density at radius 1 is 1.47 bits per heavy atom. The van der Waals surface area contributed by atoms with Crippen molar-refractivity contribution in [2.45, 2.75) is 32.8 Å². The number of halogens is 2. The Morgan fingerprint density at radius 2 is 2.20 bits per heavy atom. The van der Waals surface area contributed by atoms with Crippen molar-refractivity contribution in [3.63, 3.8) is 0 Å². The largest absolute Gasteiger partial charge is 0.345 e. The summed E-state index contributed by atoms with van der Waals surface area (Å²) in [5, 5.41) is 0. The van der Waals surface area contributed by atoms with Crippen molar-refractivity contribution in [2.75, 3.05) is 19.7 Å². The molecule has 0 aromatic heterocycles. The van der Waals surface area contributed by atoms with Crippen LogP contribution in [0.5, 0.6) is 0 Å². The number of nitrogens with zero attached hydrogens (tertiary/aromatic N) is 1. The van der Waals surface area contributed by atoms with E-state index in [0.29, 0.717) is 19.0 Å². The maximum atomic E-state index is 11.7. The molecule has 0 aromatic carbocycles. The minimum atomic E-state index is -2.86. The highest BCUT2D eigenvalue weighted by molar-refractivity contribution is 5.77. The summed E-state index contributed by atoms with van der Waals surface area (Å²) in [6.07, 6.45) is 2.99. The van der Waals surface area contributed by atoms with Crippen molar-refractivity contribution in [3.05, 3.63) is 0 Å². The average Bonchev–Trinajstić information content (AvgIpc) is 2.39. The normalized spacial score (nSPS) is 22.9. The van der Waals surface area contributed by atoms with Crippen molar-refractivity contribution >= 4 is 5.91 Å². The average molecular weight is 221 g/mol. The van der Waals surface area contributed by atoms with Crippen molar-refractivity contribution < 1.29 is 18.3 Å². The van der Waals surface area contributed by atoms with Crippen LogP contribution >= 0.6 is 0 Å². The van der Waals surface area contributed by atoms with Crippen LogP contribution in [0, 0.1) is 5.92 Å². The van der Waals surface area contributed by atoms with Crippen LogP contribution in [0.15, 0.2) is 0 Å². The van der Waals surface area contributed by atoms with Gasteiger partial charge >= 0.3 is 6.61 Å². The predicted octanol–water partition coefficient (Wildman–Crippen LogP) is 1.87. The van der Waals surface area contributed by atoms with Gasteiger partial charge in [-0.1, -0.05) is 6.92 Å². The number of rotatable bonds is 3. The zero-order chi connectivity index (χ0) is 11.3. The van der Waals surface area contributed by atoms with Crippen molar-refractivity contribution in [3.8, 4) is 0 Å². The minimum absolute atomic E-state index is 0.329. The van der Waals surface area contributed by atoms with E-state index in [4.69, 9.17) is 0 Å². The van der Waals surface area contributed by atoms with Gasteiger partial charge in [0.25, 0.3) is 0 Å². The van der Waals surface area contributed by atoms with Crippen LogP contribution in [-0.4, -0.2) is 37.1 Å². The summed E-state index contributed by atoms with van der Waals surface area (Å²) in [7, 11) is 0. The molecule has 1 aliphatic rings. The highest BCUT2D eigenvalue weighted by Crippen LogP contribution is 2.16. The number of amides is 1. The van der Waals surface area contributed by atoms with E-state index in [-0.39, 0.29) is 5.91 Å². The molecule has 1 aliphatic heterocycles. The first-order valence-corrected chi connectivity index (χ1v) is 5.27. The molecule has 1 heterocycles. The van der Waals surface area contributed by atoms with Gasteiger partial charge in [-0.15, -0.1) is 0 Å². The molecule has 15 heavy (non-hydrogen) atoms. The van der Waals surface area contributed by atoms with Crippen LogP contribution < -0.4 is 0 Å². The SMILES string of the molecule is CC1CCCN(C(=O)COC(F)F)CC1. The standard InChI is InChI=1S/C10H17F2NO2/c1-8-3-2-5-13(6-4-8)9(14)7-15-10(11)12/h8,10H,2-7H2,1H3. The van der Waals surface area contributed by atoms with Gasteiger partial charge in [-0.3, -0.25) is 4.79 Å². The zero-order valence-corrected chi connectivity index (χ0v) is 8.92. The molecule has 1 saturated heterocycles. The monoisotopic (exact) mass is 221 g/mol. The van der Waals surface area contributed by atoms with E-state index in [1.54, 1.807) is 4.90 Å². The van der Waals surface area contributed by atoms with Gasteiger partial charge in [0.2, 0.25) is 5.91 Å². The Kier molecular flexibility index (Phi) is 4.94. The number of ether oxygens (including phenoxy) is 1. The summed E-state index contributed by atoms with van der Waals surface area (Å²) in [5.41, 5.74) is 0. The lowest BCUT2D eigenvalue weighted by molar-refractivity contribution is -0.159. The van der Waals surface area contributed by atoms with E-state index in [0.717, 1.165) is 19.3 Å². The van der Waals surface area contributed by atoms with E-state index in [1.807, 2.05) is 0 Å². The second-order valence-corrected chi connectivity index (χ2v) is 3.99. The van der Waals surface area contributed by atoms with E-state index in [9.17, 15) is 13.6 Å². The fourth-order valence-electron chi connectivity index (χ4n) is 1.74. The van der Waals surface area contributed by atoms with E-state index >= 15 is 0 Å². The number of carbonyl (C=O) groups is 1. The van der Waals surface area contributed by atoms with Gasteiger partial charge in [-0.25, -0.2) is 0 Å². The molecule has 5 heteroatoms. The number of likely N-dealkylation sites (tertiary alicyclic amines) is 1. The quantitative estimate of drug-likeness (QED) is 0.728. The lowest BCUT2D eigenvalue weighted by Gasteiger charge is -2.20. The third kappa shape index (κ3) is 4.55. The fourth-order valence-corrected chi connectivity index (χ4v) is 1.74. The Morgan fingerprint density at radius 3 is 2.87 bits per heavy atom.